The van der Waals surface area contributed by atoms with Gasteiger partial charge < -0.3 is 14.6 Å². The summed E-state index contributed by atoms with van der Waals surface area (Å²) in [5, 5.41) is 3.29. The first kappa shape index (κ1) is 13.5. The van der Waals surface area contributed by atoms with Crippen LogP contribution in [0.25, 0.3) is 0 Å². The smallest absolute Gasteiger partial charge is 0.289 e. The zero-order chi connectivity index (χ0) is 10.8. The van der Waals surface area contributed by atoms with E-state index in [9.17, 15) is 4.79 Å². The van der Waals surface area contributed by atoms with Crippen molar-refractivity contribution in [3.8, 4) is 0 Å². The Morgan fingerprint density at radius 1 is 1.62 bits per heavy atom. The molecule has 1 aliphatic heterocycles. The first-order chi connectivity index (χ1) is 7.16. The number of hydrogen-bond donors (Lipinski definition) is 1. The quantitative estimate of drug-likeness (QED) is 0.862. The predicted molar refractivity (Wildman–Crippen MR) is 67.0 cm³/mol. The van der Waals surface area contributed by atoms with Gasteiger partial charge in [-0.3, -0.25) is 4.79 Å². The van der Waals surface area contributed by atoms with E-state index in [-0.39, 0.29) is 18.3 Å². The summed E-state index contributed by atoms with van der Waals surface area (Å²) in [5.74, 6) is 0.366. The lowest BCUT2D eigenvalue weighted by Gasteiger charge is -2.31. The maximum absolute atomic E-state index is 11.9. The molecule has 1 amide bonds. The summed E-state index contributed by atoms with van der Waals surface area (Å²) in [6.07, 6.45) is 0. The van der Waals surface area contributed by atoms with Crippen LogP contribution in [0, 0.1) is 0 Å². The van der Waals surface area contributed by atoms with E-state index >= 15 is 0 Å². The molecule has 0 bridgehead atoms. The molecule has 1 atom stereocenters. The number of nitrogens with zero attached hydrogens (tertiary/aromatic N) is 1. The van der Waals surface area contributed by atoms with E-state index in [1.165, 1.54) is 0 Å². The Kier molecular flexibility index (Phi) is 4.83. The second-order valence-corrected chi connectivity index (χ2v) is 4.49. The largest absolute Gasteiger partial charge is 0.444 e. The highest BCUT2D eigenvalue weighted by Gasteiger charge is 2.23. The molecule has 1 fully saturated rings. The molecule has 0 aliphatic carbocycles. The van der Waals surface area contributed by atoms with E-state index in [0.717, 1.165) is 19.6 Å². The number of carbonyl (C=O) groups excluding carboxylic acids is 1. The van der Waals surface area contributed by atoms with Gasteiger partial charge in [-0.05, 0) is 35.0 Å². The van der Waals surface area contributed by atoms with Crippen LogP contribution in [-0.4, -0.2) is 36.5 Å². The maximum atomic E-state index is 11.9. The van der Waals surface area contributed by atoms with Gasteiger partial charge in [0.15, 0.2) is 10.4 Å². The van der Waals surface area contributed by atoms with Crippen molar-refractivity contribution >= 4 is 34.2 Å². The van der Waals surface area contributed by atoms with Crippen molar-refractivity contribution in [2.24, 2.45) is 0 Å². The molecule has 1 aliphatic rings. The van der Waals surface area contributed by atoms with Crippen LogP contribution in [-0.2, 0) is 0 Å². The summed E-state index contributed by atoms with van der Waals surface area (Å²) in [6.45, 7) is 4.38. The number of rotatable bonds is 1. The number of carbonyl (C=O) groups is 1. The molecule has 1 aromatic heterocycles. The number of halogens is 2. The topological polar surface area (TPSA) is 45.5 Å². The van der Waals surface area contributed by atoms with Crippen molar-refractivity contribution in [1.82, 2.24) is 10.2 Å². The molecule has 1 unspecified atom stereocenters. The predicted octanol–water partition coefficient (Wildman–Crippen LogP) is 1.90. The average molecular weight is 310 g/mol. The summed E-state index contributed by atoms with van der Waals surface area (Å²) < 4.78 is 5.83. The third kappa shape index (κ3) is 2.99. The molecule has 2 heterocycles. The van der Waals surface area contributed by atoms with Gasteiger partial charge in [-0.2, -0.15) is 0 Å². The molecule has 0 saturated carbocycles. The van der Waals surface area contributed by atoms with Crippen molar-refractivity contribution < 1.29 is 9.21 Å². The second kappa shape index (κ2) is 5.70. The highest BCUT2D eigenvalue weighted by molar-refractivity contribution is 9.10. The summed E-state index contributed by atoms with van der Waals surface area (Å²) in [4.78, 5) is 13.8. The lowest BCUT2D eigenvalue weighted by Crippen LogP contribution is -2.51. The third-order valence-corrected chi connectivity index (χ3v) is 2.87. The number of amides is 1. The Balaban J connectivity index is 0.00000128. The van der Waals surface area contributed by atoms with E-state index in [1.807, 2.05) is 4.90 Å². The zero-order valence-corrected chi connectivity index (χ0v) is 11.3. The van der Waals surface area contributed by atoms with Gasteiger partial charge in [0.05, 0.1) is 0 Å². The van der Waals surface area contributed by atoms with Crippen LogP contribution in [0.4, 0.5) is 0 Å². The van der Waals surface area contributed by atoms with Crippen LogP contribution < -0.4 is 5.32 Å². The standard InChI is InChI=1S/C10H13BrN2O2.ClH/c1-7-6-13(5-4-12-7)10(14)8-2-3-9(11)15-8;/h2-3,7,12H,4-6H2,1H3;1H. The van der Waals surface area contributed by atoms with Crippen LogP contribution in [0.2, 0.25) is 0 Å². The highest BCUT2D eigenvalue weighted by Crippen LogP contribution is 2.16. The number of piperazine rings is 1. The molecule has 2 rings (SSSR count). The monoisotopic (exact) mass is 308 g/mol. The molecule has 16 heavy (non-hydrogen) atoms. The van der Waals surface area contributed by atoms with Gasteiger partial charge in [0, 0.05) is 25.7 Å². The van der Waals surface area contributed by atoms with Gasteiger partial charge in [-0.1, -0.05) is 0 Å². The van der Waals surface area contributed by atoms with Crippen molar-refractivity contribution in [1.29, 1.82) is 0 Å². The van der Waals surface area contributed by atoms with E-state index in [1.54, 1.807) is 12.1 Å². The lowest BCUT2D eigenvalue weighted by atomic mass is 10.2. The maximum Gasteiger partial charge on any atom is 0.289 e. The van der Waals surface area contributed by atoms with Crippen molar-refractivity contribution in [2.75, 3.05) is 19.6 Å². The van der Waals surface area contributed by atoms with Crippen LogP contribution in [0.1, 0.15) is 17.5 Å². The highest BCUT2D eigenvalue weighted by atomic mass is 79.9. The van der Waals surface area contributed by atoms with Gasteiger partial charge in [0.1, 0.15) is 0 Å². The molecule has 0 aromatic carbocycles. The van der Waals surface area contributed by atoms with E-state index in [0.29, 0.717) is 16.5 Å². The van der Waals surface area contributed by atoms with Crippen LogP contribution in [0.15, 0.2) is 21.2 Å². The molecular weight excluding hydrogens is 295 g/mol. The van der Waals surface area contributed by atoms with E-state index in [2.05, 4.69) is 28.2 Å². The SMILES string of the molecule is CC1CN(C(=O)c2ccc(Br)o2)CCN1.Cl. The Morgan fingerprint density at radius 2 is 2.38 bits per heavy atom. The first-order valence-corrected chi connectivity index (χ1v) is 5.74. The summed E-state index contributed by atoms with van der Waals surface area (Å²) in [7, 11) is 0. The van der Waals surface area contributed by atoms with Crippen molar-refractivity contribution in [3.63, 3.8) is 0 Å². The van der Waals surface area contributed by atoms with E-state index in [4.69, 9.17) is 4.42 Å². The molecule has 4 nitrogen and oxygen atoms in total. The molecule has 1 aromatic rings. The number of nitrogens with one attached hydrogen (secondary N) is 1. The Labute approximate surface area is 109 Å². The fraction of sp³-hybridized carbons (Fsp3) is 0.500. The Bertz CT molecular complexity index is 369. The third-order valence-electron chi connectivity index (χ3n) is 2.44. The molecular formula is C10H14BrClN2O2. The minimum Gasteiger partial charge on any atom is -0.444 e. The van der Waals surface area contributed by atoms with Gasteiger partial charge in [-0.25, -0.2) is 0 Å². The average Bonchev–Trinajstić information content (AvgIpc) is 2.64. The molecule has 1 saturated heterocycles. The summed E-state index contributed by atoms with van der Waals surface area (Å²) in [6, 6.07) is 3.78. The van der Waals surface area contributed by atoms with Crippen LogP contribution in [0.3, 0.4) is 0 Å². The fourth-order valence-electron chi connectivity index (χ4n) is 1.70. The first-order valence-electron chi connectivity index (χ1n) is 4.95. The van der Waals surface area contributed by atoms with Gasteiger partial charge in [-0.15, -0.1) is 12.4 Å². The Morgan fingerprint density at radius 3 is 2.94 bits per heavy atom. The van der Waals surface area contributed by atoms with Crippen LogP contribution in [0.5, 0.6) is 0 Å². The minimum absolute atomic E-state index is 0. The van der Waals surface area contributed by atoms with Gasteiger partial charge >= 0.3 is 0 Å². The molecule has 0 radical (unpaired) electrons. The summed E-state index contributed by atoms with van der Waals surface area (Å²) in [5.41, 5.74) is 0. The molecule has 1 N–H and O–H groups in total. The number of furan rings is 1. The normalized spacial score (nSPS) is 20.4. The molecule has 90 valence electrons. The summed E-state index contributed by atoms with van der Waals surface area (Å²) >= 11 is 3.19. The lowest BCUT2D eigenvalue weighted by molar-refractivity contribution is 0.0675. The molecule has 0 spiro atoms. The number of hydrogen-bond acceptors (Lipinski definition) is 3. The van der Waals surface area contributed by atoms with E-state index < -0.39 is 0 Å². The minimum atomic E-state index is -0.0333. The Hall–Kier alpha value is -0.520. The van der Waals surface area contributed by atoms with Crippen LogP contribution >= 0.6 is 28.3 Å². The second-order valence-electron chi connectivity index (χ2n) is 3.71. The van der Waals surface area contributed by atoms with Gasteiger partial charge in [0.25, 0.3) is 5.91 Å². The fourth-order valence-corrected chi connectivity index (χ4v) is 2.01. The molecule has 6 heteroatoms. The van der Waals surface area contributed by atoms with Gasteiger partial charge in [0.2, 0.25) is 0 Å². The van der Waals surface area contributed by atoms with Crippen molar-refractivity contribution in [2.45, 2.75) is 13.0 Å². The zero-order valence-electron chi connectivity index (χ0n) is 8.90. The van der Waals surface area contributed by atoms with Crippen molar-refractivity contribution in [3.05, 3.63) is 22.6 Å².